The van der Waals surface area contributed by atoms with Crippen LogP contribution in [0.2, 0.25) is 0 Å². The Morgan fingerprint density at radius 3 is 2.78 bits per heavy atom. The zero-order valence-electron chi connectivity index (χ0n) is 14.2. The number of hydrogen-bond acceptors (Lipinski definition) is 6. The molecule has 0 saturated heterocycles. The second-order valence-electron chi connectivity index (χ2n) is 5.66. The molecular weight excluding hydrogens is 357 g/mol. The van der Waals surface area contributed by atoms with Crippen molar-refractivity contribution in [3.63, 3.8) is 0 Å². The molecule has 27 heavy (non-hydrogen) atoms. The van der Waals surface area contributed by atoms with E-state index in [2.05, 4.69) is 5.32 Å². The Hall–Kier alpha value is -3.39. The van der Waals surface area contributed by atoms with E-state index in [0.717, 1.165) is 6.07 Å². The molecule has 8 heteroatoms. The van der Waals surface area contributed by atoms with E-state index in [9.17, 15) is 19.1 Å². The summed E-state index contributed by atoms with van der Waals surface area (Å²) in [5.74, 6) is -2.50. The van der Waals surface area contributed by atoms with Gasteiger partial charge in [-0.1, -0.05) is 0 Å². The largest absolute Gasteiger partial charge is 0.507 e. The number of anilines is 1. The minimum absolute atomic E-state index is 0.0723. The lowest BCUT2D eigenvalue weighted by molar-refractivity contribution is -0.0510. The number of carbonyl (C=O) groups is 2. The number of benzene rings is 2. The van der Waals surface area contributed by atoms with Crippen molar-refractivity contribution in [1.29, 1.82) is 0 Å². The molecule has 0 spiro atoms. The number of halogens is 1. The highest BCUT2D eigenvalue weighted by molar-refractivity contribution is 6.12. The molecule has 0 unspecified atom stereocenters. The van der Waals surface area contributed by atoms with E-state index in [0.29, 0.717) is 5.69 Å². The van der Waals surface area contributed by atoms with Gasteiger partial charge < -0.3 is 25.0 Å². The number of aromatic hydroxyl groups is 1. The smallest absolute Gasteiger partial charge is 0.339 e. The van der Waals surface area contributed by atoms with Gasteiger partial charge in [-0.15, -0.1) is 0 Å². The molecule has 3 N–H and O–H groups in total. The quantitative estimate of drug-likeness (QED) is 0.692. The van der Waals surface area contributed by atoms with Crippen LogP contribution in [-0.2, 0) is 4.74 Å². The molecule has 0 radical (unpaired) electrons. The van der Waals surface area contributed by atoms with Crippen LogP contribution in [0.25, 0.3) is 0 Å². The number of carboxylic acids is 1. The fourth-order valence-electron chi connectivity index (χ4n) is 2.60. The van der Waals surface area contributed by atoms with Crippen molar-refractivity contribution < 1.29 is 33.7 Å². The maximum absolute atomic E-state index is 13.5. The standard InChI is InChI=1S/C19H16FNO6/c1-2-26-19-14(17(23)13-7-10(20)3-6-16(13)27-19)9-21-11-4-5-12(18(24)25)15(22)8-11/h3-9,19,21-22H,2H2,1H3,(H,24,25)/b14-9+/t19-/m0/s1. The number of aromatic carboxylic acids is 1. The zero-order chi connectivity index (χ0) is 19.6. The summed E-state index contributed by atoms with van der Waals surface area (Å²) in [5, 5.41) is 21.5. The minimum atomic E-state index is -1.26. The van der Waals surface area contributed by atoms with Crippen LogP contribution >= 0.6 is 0 Å². The van der Waals surface area contributed by atoms with Crippen LogP contribution in [0.4, 0.5) is 10.1 Å². The maximum Gasteiger partial charge on any atom is 0.339 e. The molecule has 1 aliphatic rings. The first-order valence-electron chi connectivity index (χ1n) is 8.06. The van der Waals surface area contributed by atoms with Crippen LogP contribution in [0.1, 0.15) is 27.6 Å². The SMILES string of the molecule is CCO[C@H]1Oc2ccc(F)cc2C(=O)/C1=C\Nc1ccc(C(=O)O)c(O)c1. The summed E-state index contributed by atoms with van der Waals surface area (Å²) in [6.07, 6.45) is 0.339. The predicted molar refractivity (Wildman–Crippen MR) is 93.5 cm³/mol. The Balaban J connectivity index is 1.91. The maximum atomic E-state index is 13.5. The van der Waals surface area contributed by atoms with Gasteiger partial charge >= 0.3 is 5.97 Å². The first-order valence-corrected chi connectivity index (χ1v) is 8.06. The van der Waals surface area contributed by atoms with Gasteiger partial charge in [0, 0.05) is 24.6 Å². The molecule has 0 amide bonds. The number of ether oxygens (including phenoxy) is 2. The number of ketones is 1. The van der Waals surface area contributed by atoms with Gasteiger partial charge in [-0.3, -0.25) is 4.79 Å². The van der Waals surface area contributed by atoms with Gasteiger partial charge in [0.05, 0.1) is 11.1 Å². The lowest BCUT2D eigenvalue weighted by atomic mass is 9.99. The topological polar surface area (TPSA) is 105 Å². The molecule has 0 bridgehead atoms. The fourth-order valence-corrected chi connectivity index (χ4v) is 2.60. The number of hydrogen-bond donors (Lipinski definition) is 3. The van der Waals surface area contributed by atoms with Crippen LogP contribution in [0.15, 0.2) is 48.2 Å². The normalized spacial score (nSPS) is 17.3. The Bertz CT molecular complexity index is 940. The first-order chi connectivity index (χ1) is 12.9. The van der Waals surface area contributed by atoms with E-state index in [1.165, 1.54) is 36.5 Å². The molecule has 1 aliphatic heterocycles. The summed E-state index contributed by atoms with van der Waals surface area (Å²) < 4.78 is 24.6. The molecule has 3 rings (SSSR count). The summed E-state index contributed by atoms with van der Waals surface area (Å²) in [5.41, 5.74) is 0.278. The number of carbonyl (C=O) groups excluding carboxylic acids is 1. The van der Waals surface area contributed by atoms with E-state index in [1.54, 1.807) is 6.92 Å². The third-order valence-corrected chi connectivity index (χ3v) is 3.88. The monoisotopic (exact) mass is 373 g/mol. The average Bonchev–Trinajstić information content (AvgIpc) is 2.62. The van der Waals surface area contributed by atoms with Crippen molar-refractivity contribution in [3.05, 3.63) is 65.1 Å². The summed E-state index contributed by atoms with van der Waals surface area (Å²) in [6.45, 7) is 2.02. The summed E-state index contributed by atoms with van der Waals surface area (Å²) in [4.78, 5) is 23.7. The van der Waals surface area contributed by atoms with Crippen molar-refractivity contribution in [2.45, 2.75) is 13.2 Å². The number of rotatable bonds is 5. The van der Waals surface area contributed by atoms with Crippen molar-refractivity contribution in [1.82, 2.24) is 0 Å². The molecule has 0 aliphatic carbocycles. The first kappa shape index (κ1) is 18.4. The molecule has 0 fully saturated rings. The molecule has 7 nitrogen and oxygen atoms in total. The average molecular weight is 373 g/mol. The van der Waals surface area contributed by atoms with Crippen LogP contribution < -0.4 is 10.1 Å². The summed E-state index contributed by atoms with van der Waals surface area (Å²) in [7, 11) is 0. The second-order valence-corrected chi connectivity index (χ2v) is 5.66. The molecule has 2 aromatic carbocycles. The van der Waals surface area contributed by atoms with Gasteiger partial charge in [0.25, 0.3) is 0 Å². The minimum Gasteiger partial charge on any atom is -0.507 e. The van der Waals surface area contributed by atoms with Crippen molar-refractivity contribution in [3.8, 4) is 11.5 Å². The van der Waals surface area contributed by atoms with Gasteiger partial charge in [0.1, 0.15) is 22.9 Å². The van der Waals surface area contributed by atoms with Crippen LogP contribution in [0, 0.1) is 5.82 Å². The van der Waals surface area contributed by atoms with E-state index in [-0.39, 0.29) is 29.1 Å². The van der Waals surface area contributed by atoms with Gasteiger partial charge in [0.15, 0.2) is 0 Å². The highest BCUT2D eigenvalue weighted by atomic mass is 19.1. The molecule has 0 saturated carbocycles. The number of Topliss-reactive ketones (excluding diaryl/α,β-unsaturated/α-hetero) is 1. The van der Waals surface area contributed by atoms with Gasteiger partial charge in [-0.2, -0.15) is 0 Å². The van der Waals surface area contributed by atoms with Crippen LogP contribution in [-0.4, -0.2) is 34.9 Å². The third-order valence-electron chi connectivity index (χ3n) is 3.88. The number of fused-ring (bicyclic) bond motifs is 1. The number of nitrogens with one attached hydrogen (secondary N) is 1. The van der Waals surface area contributed by atoms with Crippen LogP contribution in [0.3, 0.4) is 0 Å². The Labute approximate surface area is 153 Å². The summed E-state index contributed by atoms with van der Waals surface area (Å²) in [6, 6.07) is 7.50. The molecule has 140 valence electrons. The third kappa shape index (κ3) is 3.75. The Morgan fingerprint density at radius 2 is 2.11 bits per heavy atom. The lowest BCUT2D eigenvalue weighted by Gasteiger charge is -2.27. The molecule has 0 aromatic heterocycles. The van der Waals surface area contributed by atoms with E-state index < -0.39 is 29.6 Å². The zero-order valence-corrected chi connectivity index (χ0v) is 14.2. The van der Waals surface area contributed by atoms with E-state index >= 15 is 0 Å². The second kappa shape index (κ2) is 7.46. The molecular formula is C19H16FNO6. The van der Waals surface area contributed by atoms with Crippen molar-refractivity contribution in [2.24, 2.45) is 0 Å². The van der Waals surface area contributed by atoms with Crippen molar-refractivity contribution >= 4 is 17.4 Å². The molecule has 2 aromatic rings. The Morgan fingerprint density at radius 1 is 1.33 bits per heavy atom. The number of carboxylic acid groups (broad SMARTS) is 1. The van der Waals surface area contributed by atoms with Crippen LogP contribution in [0.5, 0.6) is 11.5 Å². The van der Waals surface area contributed by atoms with Gasteiger partial charge in [-0.25, -0.2) is 9.18 Å². The number of phenols is 1. The highest BCUT2D eigenvalue weighted by Crippen LogP contribution is 2.32. The predicted octanol–water partition coefficient (Wildman–Crippen LogP) is 3.16. The van der Waals surface area contributed by atoms with Gasteiger partial charge in [0.2, 0.25) is 12.1 Å². The fraction of sp³-hybridized carbons (Fsp3) is 0.158. The molecule has 1 atom stereocenters. The van der Waals surface area contributed by atoms with E-state index in [1.807, 2.05) is 0 Å². The molecule has 1 heterocycles. The van der Waals surface area contributed by atoms with E-state index in [4.69, 9.17) is 14.6 Å². The highest BCUT2D eigenvalue weighted by Gasteiger charge is 2.32. The van der Waals surface area contributed by atoms with Crippen molar-refractivity contribution in [2.75, 3.05) is 11.9 Å². The lowest BCUT2D eigenvalue weighted by Crippen LogP contribution is -2.33. The van der Waals surface area contributed by atoms with Gasteiger partial charge in [-0.05, 0) is 37.3 Å². The Kier molecular flexibility index (Phi) is 5.09. The summed E-state index contributed by atoms with van der Waals surface area (Å²) >= 11 is 0.